The molecule has 18 heavy (non-hydrogen) atoms. The van der Waals surface area contributed by atoms with Gasteiger partial charge in [-0.15, -0.1) is 0 Å². The van der Waals surface area contributed by atoms with Crippen LogP contribution in [0.2, 0.25) is 0 Å². The Morgan fingerprint density at radius 1 is 1.33 bits per heavy atom. The molecular formula is C14H18N4. The van der Waals surface area contributed by atoms with E-state index in [-0.39, 0.29) is 0 Å². The Morgan fingerprint density at radius 3 is 3.17 bits per heavy atom. The van der Waals surface area contributed by atoms with Crippen LogP contribution in [-0.4, -0.2) is 29.1 Å². The van der Waals surface area contributed by atoms with Gasteiger partial charge in [0.15, 0.2) is 0 Å². The SMILES string of the molecule is c1ccc2nc(NCC[C@@H]3CCCN3)ncc2c1. The zero-order valence-corrected chi connectivity index (χ0v) is 10.4. The van der Waals surface area contributed by atoms with Gasteiger partial charge in [0.05, 0.1) is 5.52 Å². The summed E-state index contributed by atoms with van der Waals surface area (Å²) in [5.41, 5.74) is 0.994. The number of para-hydroxylation sites is 1. The van der Waals surface area contributed by atoms with Gasteiger partial charge in [0.25, 0.3) is 0 Å². The van der Waals surface area contributed by atoms with E-state index in [9.17, 15) is 0 Å². The normalized spacial score (nSPS) is 19.2. The number of nitrogens with one attached hydrogen (secondary N) is 2. The molecule has 1 aromatic carbocycles. The van der Waals surface area contributed by atoms with E-state index in [0.29, 0.717) is 6.04 Å². The minimum absolute atomic E-state index is 0.665. The fourth-order valence-electron chi connectivity index (χ4n) is 2.42. The van der Waals surface area contributed by atoms with Crippen LogP contribution < -0.4 is 10.6 Å². The van der Waals surface area contributed by atoms with Crippen LogP contribution in [0.15, 0.2) is 30.5 Å². The summed E-state index contributed by atoms with van der Waals surface area (Å²) in [6, 6.07) is 8.71. The van der Waals surface area contributed by atoms with Crippen molar-refractivity contribution in [3.63, 3.8) is 0 Å². The van der Waals surface area contributed by atoms with E-state index in [1.165, 1.54) is 12.8 Å². The molecule has 1 aromatic heterocycles. The topological polar surface area (TPSA) is 49.8 Å². The smallest absolute Gasteiger partial charge is 0.223 e. The van der Waals surface area contributed by atoms with E-state index in [4.69, 9.17) is 0 Å². The van der Waals surface area contributed by atoms with Gasteiger partial charge in [-0.2, -0.15) is 0 Å². The fraction of sp³-hybridized carbons (Fsp3) is 0.429. The van der Waals surface area contributed by atoms with E-state index in [2.05, 4.69) is 20.6 Å². The van der Waals surface area contributed by atoms with Crippen LogP contribution in [-0.2, 0) is 0 Å². The lowest BCUT2D eigenvalue weighted by molar-refractivity contribution is 0.574. The summed E-state index contributed by atoms with van der Waals surface area (Å²) >= 11 is 0. The molecule has 4 heteroatoms. The standard InChI is InChI=1S/C14H18N4/c1-2-6-13-11(4-1)10-17-14(18-13)16-9-7-12-5-3-8-15-12/h1-2,4,6,10,12,15H,3,5,7-9H2,(H,16,17,18)/t12-/m0/s1. The zero-order valence-electron chi connectivity index (χ0n) is 10.4. The van der Waals surface area contributed by atoms with E-state index >= 15 is 0 Å². The lowest BCUT2D eigenvalue weighted by Crippen LogP contribution is -2.24. The molecule has 0 radical (unpaired) electrons. The molecule has 0 amide bonds. The van der Waals surface area contributed by atoms with Crippen molar-refractivity contribution in [2.75, 3.05) is 18.4 Å². The second-order valence-corrected chi connectivity index (χ2v) is 4.76. The number of rotatable bonds is 4. The predicted molar refractivity (Wildman–Crippen MR) is 73.7 cm³/mol. The van der Waals surface area contributed by atoms with Gasteiger partial charge in [-0.25, -0.2) is 9.97 Å². The Balaban J connectivity index is 1.60. The molecule has 2 aromatic rings. The first kappa shape index (κ1) is 11.4. The van der Waals surface area contributed by atoms with Crippen LogP contribution in [0.1, 0.15) is 19.3 Å². The number of hydrogen-bond acceptors (Lipinski definition) is 4. The minimum atomic E-state index is 0.665. The summed E-state index contributed by atoms with van der Waals surface area (Å²) in [5.74, 6) is 0.728. The summed E-state index contributed by atoms with van der Waals surface area (Å²) in [4.78, 5) is 8.83. The van der Waals surface area contributed by atoms with Crippen LogP contribution in [0.4, 0.5) is 5.95 Å². The highest BCUT2D eigenvalue weighted by molar-refractivity contribution is 5.78. The van der Waals surface area contributed by atoms with Crippen molar-refractivity contribution in [1.82, 2.24) is 15.3 Å². The Hall–Kier alpha value is -1.68. The van der Waals surface area contributed by atoms with Gasteiger partial charge in [0.1, 0.15) is 0 Å². The molecule has 0 bridgehead atoms. The molecule has 1 saturated heterocycles. The maximum atomic E-state index is 4.50. The van der Waals surface area contributed by atoms with E-state index < -0.39 is 0 Å². The second kappa shape index (κ2) is 5.31. The molecule has 0 aliphatic carbocycles. The van der Waals surface area contributed by atoms with Crippen molar-refractivity contribution in [3.05, 3.63) is 30.5 Å². The Labute approximate surface area is 107 Å². The summed E-state index contributed by atoms with van der Waals surface area (Å²) < 4.78 is 0. The third kappa shape index (κ3) is 2.59. The van der Waals surface area contributed by atoms with E-state index in [0.717, 1.165) is 36.4 Å². The quantitative estimate of drug-likeness (QED) is 0.863. The van der Waals surface area contributed by atoms with Gasteiger partial charge >= 0.3 is 0 Å². The van der Waals surface area contributed by atoms with Gasteiger partial charge in [0, 0.05) is 24.2 Å². The van der Waals surface area contributed by atoms with Crippen LogP contribution in [0, 0.1) is 0 Å². The zero-order chi connectivity index (χ0) is 12.2. The molecule has 1 fully saturated rings. The highest BCUT2D eigenvalue weighted by Gasteiger charge is 2.13. The van der Waals surface area contributed by atoms with Crippen LogP contribution in [0.25, 0.3) is 10.9 Å². The van der Waals surface area contributed by atoms with Gasteiger partial charge in [-0.05, 0) is 31.9 Å². The summed E-state index contributed by atoms with van der Waals surface area (Å²) in [6.45, 7) is 2.09. The van der Waals surface area contributed by atoms with Crippen molar-refractivity contribution in [2.24, 2.45) is 0 Å². The average Bonchev–Trinajstić information content (AvgIpc) is 2.92. The van der Waals surface area contributed by atoms with Gasteiger partial charge in [-0.1, -0.05) is 18.2 Å². The van der Waals surface area contributed by atoms with Crippen molar-refractivity contribution < 1.29 is 0 Å². The lowest BCUT2D eigenvalue weighted by atomic mass is 10.1. The fourth-order valence-corrected chi connectivity index (χ4v) is 2.42. The molecule has 1 aliphatic rings. The molecular weight excluding hydrogens is 224 g/mol. The number of aromatic nitrogens is 2. The number of fused-ring (bicyclic) bond motifs is 1. The first-order valence-electron chi connectivity index (χ1n) is 6.61. The van der Waals surface area contributed by atoms with Crippen molar-refractivity contribution >= 4 is 16.9 Å². The third-order valence-corrected chi connectivity index (χ3v) is 3.43. The number of nitrogens with zero attached hydrogens (tertiary/aromatic N) is 2. The molecule has 1 atom stereocenters. The van der Waals surface area contributed by atoms with Crippen molar-refractivity contribution in [1.29, 1.82) is 0 Å². The molecule has 0 spiro atoms. The maximum absolute atomic E-state index is 4.50. The van der Waals surface area contributed by atoms with Crippen molar-refractivity contribution in [2.45, 2.75) is 25.3 Å². The largest absolute Gasteiger partial charge is 0.354 e. The highest BCUT2D eigenvalue weighted by Crippen LogP contribution is 2.12. The minimum Gasteiger partial charge on any atom is -0.354 e. The van der Waals surface area contributed by atoms with Crippen LogP contribution in [0.3, 0.4) is 0 Å². The summed E-state index contributed by atoms with van der Waals surface area (Å²) in [5, 5.41) is 7.88. The molecule has 0 saturated carbocycles. The predicted octanol–water partition coefficient (Wildman–Crippen LogP) is 2.18. The Morgan fingerprint density at radius 2 is 2.28 bits per heavy atom. The maximum Gasteiger partial charge on any atom is 0.223 e. The monoisotopic (exact) mass is 242 g/mol. The molecule has 4 nitrogen and oxygen atoms in total. The second-order valence-electron chi connectivity index (χ2n) is 4.76. The number of benzene rings is 1. The summed E-state index contributed by atoms with van der Waals surface area (Å²) in [7, 11) is 0. The Bertz CT molecular complexity index is 520. The summed E-state index contributed by atoms with van der Waals surface area (Å²) in [6.07, 6.45) is 5.60. The molecule has 2 N–H and O–H groups in total. The van der Waals surface area contributed by atoms with Crippen LogP contribution in [0.5, 0.6) is 0 Å². The lowest BCUT2D eigenvalue weighted by Gasteiger charge is -2.10. The number of anilines is 1. The van der Waals surface area contributed by atoms with Gasteiger partial charge in [0.2, 0.25) is 5.95 Å². The molecule has 94 valence electrons. The number of hydrogen-bond donors (Lipinski definition) is 2. The molecule has 0 unspecified atom stereocenters. The van der Waals surface area contributed by atoms with E-state index in [1.54, 1.807) is 0 Å². The third-order valence-electron chi connectivity index (χ3n) is 3.43. The highest BCUT2D eigenvalue weighted by atomic mass is 15.1. The van der Waals surface area contributed by atoms with Crippen LogP contribution >= 0.6 is 0 Å². The van der Waals surface area contributed by atoms with Crippen molar-refractivity contribution in [3.8, 4) is 0 Å². The first-order valence-corrected chi connectivity index (χ1v) is 6.61. The average molecular weight is 242 g/mol. The Kier molecular flexibility index (Phi) is 3.37. The first-order chi connectivity index (χ1) is 8.92. The van der Waals surface area contributed by atoms with Gasteiger partial charge in [-0.3, -0.25) is 0 Å². The van der Waals surface area contributed by atoms with E-state index in [1.807, 2.05) is 30.5 Å². The molecule has 1 aliphatic heterocycles. The molecule has 3 rings (SSSR count). The van der Waals surface area contributed by atoms with Gasteiger partial charge < -0.3 is 10.6 Å². The molecule has 2 heterocycles.